The van der Waals surface area contributed by atoms with E-state index in [0.717, 1.165) is 11.1 Å². The summed E-state index contributed by atoms with van der Waals surface area (Å²) >= 11 is 0. The number of hydrogen-bond acceptors (Lipinski definition) is 8. The third kappa shape index (κ3) is 5.78. The molecule has 5 aromatic rings. The molecule has 9 heteroatoms. The van der Waals surface area contributed by atoms with Crippen LogP contribution >= 0.6 is 0 Å². The third-order valence-electron chi connectivity index (χ3n) is 6.45. The maximum absolute atomic E-state index is 13.6. The number of aromatic nitrogens is 4. The van der Waals surface area contributed by atoms with Crippen molar-refractivity contribution in [2.75, 3.05) is 7.05 Å². The van der Waals surface area contributed by atoms with Crippen LogP contribution in [0.4, 0.5) is 0 Å². The number of benzene rings is 2. The molecule has 0 unspecified atom stereocenters. The molecule has 3 heterocycles. The Morgan fingerprint density at radius 2 is 1.72 bits per heavy atom. The molecule has 0 radical (unpaired) electrons. The maximum Gasteiger partial charge on any atom is 0.253 e. The van der Waals surface area contributed by atoms with E-state index < -0.39 is 5.54 Å². The highest BCUT2D eigenvalue weighted by Gasteiger charge is 2.29. The van der Waals surface area contributed by atoms with E-state index in [0.29, 0.717) is 53.0 Å². The summed E-state index contributed by atoms with van der Waals surface area (Å²) in [4.78, 5) is 24.0. The van der Waals surface area contributed by atoms with Crippen molar-refractivity contribution in [3.8, 4) is 22.7 Å². The lowest BCUT2D eigenvalue weighted by atomic mass is 9.94. The lowest BCUT2D eigenvalue weighted by Gasteiger charge is -2.20. The van der Waals surface area contributed by atoms with Crippen molar-refractivity contribution in [3.05, 3.63) is 107 Å². The lowest BCUT2D eigenvalue weighted by Crippen LogP contribution is -2.35. The van der Waals surface area contributed by atoms with Gasteiger partial charge in [0.15, 0.2) is 5.89 Å². The second-order valence-electron chi connectivity index (χ2n) is 9.90. The quantitative estimate of drug-likeness (QED) is 0.299. The summed E-state index contributed by atoms with van der Waals surface area (Å²) in [6.07, 6.45) is 2.23. The highest BCUT2D eigenvalue weighted by atomic mass is 16.4. The zero-order valence-electron chi connectivity index (χ0n) is 22.4. The molecule has 2 aromatic carbocycles. The van der Waals surface area contributed by atoms with Gasteiger partial charge in [-0.05, 0) is 56.2 Å². The third-order valence-corrected chi connectivity index (χ3v) is 6.45. The van der Waals surface area contributed by atoms with Crippen molar-refractivity contribution in [3.63, 3.8) is 0 Å². The lowest BCUT2D eigenvalue weighted by molar-refractivity contribution is 0.0783. The molecule has 0 fully saturated rings. The molecule has 0 saturated heterocycles. The van der Waals surface area contributed by atoms with Crippen LogP contribution in [0.25, 0.3) is 22.7 Å². The van der Waals surface area contributed by atoms with Gasteiger partial charge in [-0.25, -0.2) is 4.98 Å². The Kier molecular flexibility index (Phi) is 7.08. The summed E-state index contributed by atoms with van der Waals surface area (Å²) < 4.78 is 11.6. The Morgan fingerprint density at radius 3 is 2.41 bits per heavy atom. The second kappa shape index (κ2) is 10.6. The molecule has 39 heavy (non-hydrogen) atoms. The van der Waals surface area contributed by atoms with E-state index in [-0.39, 0.29) is 11.8 Å². The van der Waals surface area contributed by atoms with Crippen molar-refractivity contribution in [1.82, 2.24) is 25.1 Å². The van der Waals surface area contributed by atoms with E-state index in [1.54, 1.807) is 31.1 Å². The summed E-state index contributed by atoms with van der Waals surface area (Å²) in [5.74, 6) is 1.64. The topological polar surface area (TPSA) is 124 Å². The van der Waals surface area contributed by atoms with Crippen LogP contribution < -0.4 is 5.73 Å². The predicted molar refractivity (Wildman–Crippen MR) is 146 cm³/mol. The summed E-state index contributed by atoms with van der Waals surface area (Å²) in [6, 6.07) is 21.0. The number of amides is 1. The van der Waals surface area contributed by atoms with Crippen molar-refractivity contribution >= 4 is 5.91 Å². The molecule has 1 atom stereocenters. The molecule has 2 N–H and O–H groups in total. The number of nitrogens with two attached hydrogens (primary N) is 1. The minimum atomic E-state index is -0.877. The largest absolute Gasteiger partial charge is 0.446 e. The van der Waals surface area contributed by atoms with E-state index in [1.165, 1.54) is 0 Å². The fraction of sp³-hybridized carbons (Fsp3) is 0.233. The smallest absolute Gasteiger partial charge is 0.253 e. The molecule has 5 rings (SSSR count). The van der Waals surface area contributed by atoms with Crippen LogP contribution in [0, 0.1) is 13.8 Å². The van der Waals surface area contributed by atoms with E-state index in [4.69, 9.17) is 14.6 Å². The molecule has 198 valence electrons. The number of hydrogen-bond donors (Lipinski definition) is 1. The van der Waals surface area contributed by atoms with Gasteiger partial charge in [-0.3, -0.25) is 9.78 Å². The summed E-state index contributed by atoms with van der Waals surface area (Å²) in [7, 11) is 1.73. The van der Waals surface area contributed by atoms with Gasteiger partial charge in [0, 0.05) is 36.9 Å². The van der Waals surface area contributed by atoms with Crippen LogP contribution in [0.5, 0.6) is 0 Å². The van der Waals surface area contributed by atoms with Gasteiger partial charge in [-0.1, -0.05) is 36.4 Å². The molecule has 0 spiro atoms. The van der Waals surface area contributed by atoms with Gasteiger partial charge in [0.25, 0.3) is 5.91 Å². The Bertz CT molecular complexity index is 1590. The zero-order chi connectivity index (χ0) is 27.6. The van der Waals surface area contributed by atoms with E-state index in [1.807, 2.05) is 74.5 Å². The maximum atomic E-state index is 13.6. The normalized spacial score (nSPS) is 12.7. The number of rotatable bonds is 8. The zero-order valence-corrected chi connectivity index (χ0v) is 22.4. The van der Waals surface area contributed by atoms with Crippen LogP contribution in [0.15, 0.2) is 81.8 Å². The van der Waals surface area contributed by atoms with Crippen molar-refractivity contribution in [2.24, 2.45) is 5.73 Å². The van der Waals surface area contributed by atoms with Crippen LogP contribution in [-0.4, -0.2) is 38.0 Å². The molecule has 0 bridgehead atoms. The standard InChI is InChI=1S/C30H30N6O3/c1-19-26(33-20(2)38-19)18-36(4)28(37)24-15-22(25-12-8-9-13-32-25)14-23(16-24)27-34-35-29(39-27)30(3,31)17-21-10-6-5-7-11-21/h5-16H,17-18,31H2,1-4H3/t30-/m1/s1. The molecule has 0 aliphatic rings. The highest BCUT2D eigenvalue weighted by molar-refractivity contribution is 5.96. The predicted octanol–water partition coefficient (Wildman–Crippen LogP) is 5.09. The first-order valence-electron chi connectivity index (χ1n) is 12.6. The van der Waals surface area contributed by atoms with Crippen molar-refractivity contribution in [1.29, 1.82) is 0 Å². The second-order valence-corrected chi connectivity index (χ2v) is 9.90. The van der Waals surface area contributed by atoms with Gasteiger partial charge < -0.3 is 19.5 Å². The van der Waals surface area contributed by atoms with Gasteiger partial charge >= 0.3 is 0 Å². The molecule has 0 saturated carbocycles. The first kappa shape index (κ1) is 26.0. The van der Waals surface area contributed by atoms with Gasteiger partial charge in [-0.15, -0.1) is 10.2 Å². The fourth-order valence-electron chi connectivity index (χ4n) is 4.46. The summed E-state index contributed by atoms with van der Waals surface area (Å²) in [5, 5.41) is 8.56. The molecule has 1 amide bonds. The van der Waals surface area contributed by atoms with Crippen molar-refractivity contribution in [2.45, 2.75) is 39.3 Å². The van der Waals surface area contributed by atoms with E-state index >= 15 is 0 Å². The Balaban J connectivity index is 1.49. The number of oxazole rings is 1. The molecule has 0 aliphatic heterocycles. The van der Waals surface area contributed by atoms with Crippen molar-refractivity contribution < 1.29 is 13.6 Å². The molecule has 3 aromatic heterocycles. The average Bonchev–Trinajstić information content (AvgIpc) is 3.56. The summed E-state index contributed by atoms with van der Waals surface area (Å²) in [5.41, 5.74) is 10.0. The minimum Gasteiger partial charge on any atom is -0.446 e. The SMILES string of the molecule is Cc1nc(CN(C)C(=O)c2cc(-c3ccccn3)cc(-c3nnc([C@](C)(N)Cc4ccccc4)o3)c2)c(C)o1. The Morgan fingerprint density at radius 1 is 0.974 bits per heavy atom. The fourth-order valence-corrected chi connectivity index (χ4v) is 4.46. The van der Waals surface area contributed by atoms with Gasteiger partial charge in [0.1, 0.15) is 11.5 Å². The van der Waals surface area contributed by atoms with Gasteiger partial charge in [0.2, 0.25) is 11.8 Å². The van der Waals surface area contributed by atoms with Gasteiger partial charge in [0.05, 0.1) is 17.8 Å². The van der Waals surface area contributed by atoms with E-state index in [2.05, 4.69) is 20.2 Å². The Hall–Kier alpha value is -4.63. The van der Waals surface area contributed by atoms with Gasteiger partial charge in [-0.2, -0.15) is 0 Å². The first-order valence-corrected chi connectivity index (χ1v) is 12.6. The molecule has 9 nitrogen and oxygen atoms in total. The molecule has 0 aliphatic carbocycles. The Labute approximate surface area is 226 Å². The van der Waals surface area contributed by atoms with Crippen LogP contribution in [0.2, 0.25) is 0 Å². The summed E-state index contributed by atoms with van der Waals surface area (Å²) in [6.45, 7) is 5.79. The number of nitrogens with zero attached hydrogens (tertiary/aromatic N) is 5. The van der Waals surface area contributed by atoms with Crippen LogP contribution in [0.3, 0.4) is 0 Å². The highest BCUT2D eigenvalue weighted by Crippen LogP contribution is 2.30. The number of carbonyl (C=O) groups excluding carboxylic acids is 1. The van der Waals surface area contributed by atoms with E-state index in [9.17, 15) is 4.79 Å². The number of aryl methyl sites for hydroxylation is 2. The molecular weight excluding hydrogens is 492 g/mol. The number of carbonyl (C=O) groups is 1. The first-order chi connectivity index (χ1) is 18.7. The minimum absolute atomic E-state index is 0.193. The molecular formula is C30H30N6O3. The number of pyridine rings is 1. The van der Waals surface area contributed by atoms with Crippen LogP contribution in [-0.2, 0) is 18.5 Å². The average molecular weight is 523 g/mol. The monoisotopic (exact) mass is 522 g/mol. The van der Waals surface area contributed by atoms with Crippen LogP contribution in [0.1, 0.15) is 46.1 Å².